The SMILES string of the molecule is COc1ccc(/C=C\c2cc(OC)c(OC)c(OC)c2O)cc1Br. The number of phenols is 1. The van der Waals surface area contributed by atoms with Gasteiger partial charge >= 0.3 is 0 Å². The van der Waals surface area contributed by atoms with Crippen molar-refractivity contribution in [2.24, 2.45) is 0 Å². The Bertz CT molecular complexity index is 756. The van der Waals surface area contributed by atoms with Crippen LogP contribution < -0.4 is 18.9 Å². The van der Waals surface area contributed by atoms with Crippen LogP contribution in [0.3, 0.4) is 0 Å². The topological polar surface area (TPSA) is 57.2 Å². The first-order valence-electron chi connectivity index (χ1n) is 7.09. The van der Waals surface area contributed by atoms with Crippen molar-refractivity contribution < 1.29 is 24.1 Å². The summed E-state index contributed by atoms with van der Waals surface area (Å²) in [5.74, 6) is 1.79. The van der Waals surface area contributed by atoms with E-state index < -0.39 is 0 Å². The molecule has 0 aliphatic rings. The minimum Gasteiger partial charge on any atom is -0.504 e. The van der Waals surface area contributed by atoms with E-state index in [-0.39, 0.29) is 11.5 Å². The maximum Gasteiger partial charge on any atom is 0.207 e. The summed E-state index contributed by atoms with van der Waals surface area (Å²) in [6.45, 7) is 0. The molecule has 24 heavy (non-hydrogen) atoms. The van der Waals surface area contributed by atoms with Crippen molar-refractivity contribution in [2.45, 2.75) is 0 Å². The van der Waals surface area contributed by atoms with Crippen LogP contribution in [0.15, 0.2) is 28.7 Å². The van der Waals surface area contributed by atoms with Gasteiger partial charge < -0.3 is 24.1 Å². The number of rotatable bonds is 6. The summed E-state index contributed by atoms with van der Waals surface area (Å²) >= 11 is 3.45. The van der Waals surface area contributed by atoms with Gasteiger partial charge in [-0.15, -0.1) is 0 Å². The molecule has 0 spiro atoms. The maximum atomic E-state index is 10.4. The Kier molecular flexibility index (Phi) is 5.98. The van der Waals surface area contributed by atoms with Gasteiger partial charge in [0, 0.05) is 5.56 Å². The third-order valence-corrected chi connectivity index (χ3v) is 4.08. The predicted molar refractivity (Wildman–Crippen MR) is 97.4 cm³/mol. The monoisotopic (exact) mass is 394 g/mol. The van der Waals surface area contributed by atoms with Crippen molar-refractivity contribution >= 4 is 28.1 Å². The van der Waals surface area contributed by atoms with Crippen LogP contribution in [0.25, 0.3) is 12.2 Å². The van der Waals surface area contributed by atoms with Crippen LogP contribution >= 0.6 is 15.9 Å². The van der Waals surface area contributed by atoms with Crippen molar-refractivity contribution in [3.05, 3.63) is 39.9 Å². The van der Waals surface area contributed by atoms with Gasteiger partial charge in [-0.1, -0.05) is 18.2 Å². The Labute approximate surface area is 149 Å². The standard InChI is InChI=1S/C18H19BrO5/c1-21-14-8-6-11(9-13(14)19)5-7-12-10-15(22-2)17(23-3)18(24-4)16(12)20/h5-10,20H,1-4H3/b7-5-. The van der Waals surface area contributed by atoms with Gasteiger partial charge in [0.05, 0.1) is 32.9 Å². The molecule has 0 heterocycles. The molecule has 0 atom stereocenters. The molecular weight excluding hydrogens is 376 g/mol. The molecule has 0 saturated carbocycles. The molecule has 0 saturated heterocycles. The third kappa shape index (κ3) is 3.59. The van der Waals surface area contributed by atoms with Crippen molar-refractivity contribution in [3.63, 3.8) is 0 Å². The zero-order valence-electron chi connectivity index (χ0n) is 13.9. The molecule has 0 unspecified atom stereocenters. The Morgan fingerprint density at radius 2 is 1.50 bits per heavy atom. The van der Waals surface area contributed by atoms with Gasteiger partial charge in [0.2, 0.25) is 11.5 Å². The highest BCUT2D eigenvalue weighted by atomic mass is 79.9. The van der Waals surface area contributed by atoms with Crippen LogP contribution in [0.4, 0.5) is 0 Å². The van der Waals surface area contributed by atoms with E-state index in [1.165, 1.54) is 21.3 Å². The number of phenolic OH excluding ortho intramolecular Hbond substituents is 1. The second-order valence-corrected chi connectivity index (χ2v) is 5.66. The smallest absolute Gasteiger partial charge is 0.207 e. The Morgan fingerprint density at radius 3 is 2.04 bits per heavy atom. The second-order valence-electron chi connectivity index (χ2n) is 4.81. The maximum absolute atomic E-state index is 10.4. The fraction of sp³-hybridized carbons (Fsp3) is 0.222. The molecule has 0 amide bonds. The van der Waals surface area contributed by atoms with E-state index >= 15 is 0 Å². The molecule has 1 N–H and O–H groups in total. The zero-order chi connectivity index (χ0) is 17.7. The highest BCUT2D eigenvalue weighted by Crippen LogP contribution is 2.46. The lowest BCUT2D eigenvalue weighted by Gasteiger charge is -2.15. The first-order valence-corrected chi connectivity index (χ1v) is 7.88. The third-order valence-electron chi connectivity index (χ3n) is 3.46. The second kappa shape index (κ2) is 7.97. The summed E-state index contributed by atoms with van der Waals surface area (Å²) in [7, 11) is 6.10. The fourth-order valence-corrected chi connectivity index (χ4v) is 2.82. The van der Waals surface area contributed by atoms with Crippen LogP contribution in [-0.4, -0.2) is 33.5 Å². The Hall–Kier alpha value is -2.34. The molecule has 0 aromatic heterocycles. The van der Waals surface area contributed by atoms with E-state index in [1.807, 2.05) is 24.3 Å². The number of halogens is 1. The van der Waals surface area contributed by atoms with Crippen LogP contribution in [-0.2, 0) is 0 Å². The van der Waals surface area contributed by atoms with Crippen molar-refractivity contribution in [1.82, 2.24) is 0 Å². The molecule has 0 bridgehead atoms. The number of aromatic hydroxyl groups is 1. The molecule has 5 nitrogen and oxygen atoms in total. The molecule has 2 rings (SSSR count). The minimum atomic E-state index is -0.0148. The van der Waals surface area contributed by atoms with Gasteiger partial charge in [-0.2, -0.15) is 0 Å². The number of benzene rings is 2. The van der Waals surface area contributed by atoms with E-state index in [2.05, 4.69) is 15.9 Å². The normalized spacial score (nSPS) is 10.7. The molecule has 0 fully saturated rings. The summed E-state index contributed by atoms with van der Waals surface area (Å²) in [4.78, 5) is 0. The van der Waals surface area contributed by atoms with Gasteiger partial charge in [0.1, 0.15) is 5.75 Å². The van der Waals surface area contributed by atoms with Gasteiger partial charge in [-0.3, -0.25) is 0 Å². The van der Waals surface area contributed by atoms with E-state index in [0.29, 0.717) is 17.1 Å². The first-order chi connectivity index (χ1) is 11.5. The lowest BCUT2D eigenvalue weighted by atomic mass is 10.1. The highest BCUT2D eigenvalue weighted by Gasteiger charge is 2.18. The summed E-state index contributed by atoms with van der Waals surface area (Å²) in [5, 5.41) is 10.4. The molecule has 0 radical (unpaired) electrons. The molecule has 6 heteroatoms. The van der Waals surface area contributed by atoms with Crippen molar-refractivity contribution in [3.8, 4) is 28.7 Å². The number of hydrogen-bond donors (Lipinski definition) is 1. The average Bonchev–Trinajstić information content (AvgIpc) is 2.60. The van der Waals surface area contributed by atoms with Gasteiger partial charge in [-0.05, 0) is 39.7 Å². The molecule has 0 aliphatic carbocycles. The average molecular weight is 395 g/mol. The zero-order valence-corrected chi connectivity index (χ0v) is 15.5. The molecule has 128 valence electrons. The van der Waals surface area contributed by atoms with Crippen LogP contribution in [0.1, 0.15) is 11.1 Å². The van der Waals surface area contributed by atoms with Crippen LogP contribution in [0.2, 0.25) is 0 Å². The minimum absolute atomic E-state index is 0.0148. The van der Waals surface area contributed by atoms with Crippen molar-refractivity contribution in [1.29, 1.82) is 0 Å². The lowest BCUT2D eigenvalue weighted by molar-refractivity contribution is 0.310. The number of methoxy groups -OCH3 is 4. The number of ether oxygens (including phenoxy) is 4. The largest absolute Gasteiger partial charge is 0.504 e. The number of hydrogen-bond acceptors (Lipinski definition) is 5. The molecule has 2 aromatic carbocycles. The summed E-state index contributed by atoms with van der Waals surface area (Å²) in [6, 6.07) is 7.38. The summed E-state index contributed by atoms with van der Waals surface area (Å²) in [5.41, 5.74) is 1.49. The Balaban J connectivity index is 2.43. The van der Waals surface area contributed by atoms with Crippen LogP contribution in [0.5, 0.6) is 28.7 Å². The molecule has 2 aromatic rings. The quantitative estimate of drug-likeness (QED) is 0.737. The van der Waals surface area contributed by atoms with E-state index in [9.17, 15) is 5.11 Å². The van der Waals surface area contributed by atoms with Crippen molar-refractivity contribution in [2.75, 3.05) is 28.4 Å². The van der Waals surface area contributed by atoms with Crippen LogP contribution in [0, 0.1) is 0 Å². The first kappa shape index (κ1) is 18.0. The predicted octanol–water partition coefficient (Wildman–Crippen LogP) is 4.36. The summed E-state index contributed by atoms with van der Waals surface area (Å²) < 4.78 is 21.8. The summed E-state index contributed by atoms with van der Waals surface area (Å²) in [6.07, 6.45) is 3.64. The molecule has 0 aliphatic heterocycles. The highest BCUT2D eigenvalue weighted by molar-refractivity contribution is 9.10. The van der Waals surface area contributed by atoms with E-state index in [1.54, 1.807) is 19.3 Å². The fourth-order valence-electron chi connectivity index (χ4n) is 2.26. The lowest BCUT2D eigenvalue weighted by Crippen LogP contribution is -1.96. The van der Waals surface area contributed by atoms with E-state index in [4.69, 9.17) is 18.9 Å². The van der Waals surface area contributed by atoms with Gasteiger partial charge in [0.25, 0.3) is 0 Å². The van der Waals surface area contributed by atoms with E-state index in [0.717, 1.165) is 15.8 Å². The Morgan fingerprint density at radius 1 is 0.833 bits per heavy atom. The van der Waals surface area contributed by atoms with Gasteiger partial charge in [-0.25, -0.2) is 0 Å². The van der Waals surface area contributed by atoms with Gasteiger partial charge in [0.15, 0.2) is 11.5 Å². The molecular formula is C18H19BrO5.